The highest BCUT2D eigenvalue weighted by molar-refractivity contribution is 5.95. The van der Waals surface area contributed by atoms with E-state index in [9.17, 15) is 9.59 Å². The van der Waals surface area contributed by atoms with Crippen molar-refractivity contribution in [2.24, 2.45) is 0 Å². The molecular formula is C22H24N6O2. The molecule has 2 aromatic heterocycles. The highest BCUT2D eigenvalue weighted by Crippen LogP contribution is 2.15. The molecule has 1 aliphatic rings. The van der Waals surface area contributed by atoms with Crippen LogP contribution in [-0.2, 0) is 0 Å². The number of hydrogen-bond acceptors (Lipinski definition) is 5. The largest absolute Gasteiger partial charge is 0.336 e. The van der Waals surface area contributed by atoms with Crippen LogP contribution in [0.2, 0.25) is 0 Å². The van der Waals surface area contributed by atoms with Crippen LogP contribution in [0.3, 0.4) is 0 Å². The first-order chi connectivity index (χ1) is 14.6. The smallest absolute Gasteiger partial charge is 0.264 e. The Hall–Kier alpha value is -3.52. The number of nitrogens with zero attached hydrogens (tertiary/aromatic N) is 5. The van der Waals surface area contributed by atoms with E-state index in [0.29, 0.717) is 30.2 Å². The van der Waals surface area contributed by atoms with Gasteiger partial charge >= 0.3 is 0 Å². The van der Waals surface area contributed by atoms with Crippen molar-refractivity contribution in [3.63, 3.8) is 0 Å². The molecule has 8 nitrogen and oxygen atoms in total. The van der Waals surface area contributed by atoms with E-state index in [2.05, 4.69) is 44.5 Å². The lowest BCUT2D eigenvalue weighted by Gasteiger charge is -2.34. The molecule has 1 aromatic carbocycles. The summed E-state index contributed by atoms with van der Waals surface area (Å²) in [5.41, 5.74) is 2.17. The zero-order valence-corrected chi connectivity index (χ0v) is 16.9. The lowest BCUT2D eigenvalue weighted by Crippen LogP contribution is -2.48. The van der Waals surface area contributed by atoms with E-state index in [4.69, 9.17) is 0 Å². The Morgan fingerprint density at radius 3 is 2.57 bits per heavy atom. The van der Waals surface area contributed by atoms with E-state index in [0.717, 1.165) is 19.6 Å². The fraction of sp³-hybridized carbons (Fsp3) is 0.273. The second-order valence-electron chi connectivity index (χ2n) is 7.24. The summed E-state index contributed by atoms with van der Waals surface area (Å²) in [4.78, 5) is 28.4. The van der Waals surface area contributed by atoms with Crippen LogP contribution in [0.15, 0.2) is 59.5 Å². The van der Waals surface area contributed by atoms with Gasteiger partial charge in [0.2, 0.25) is 0 Å². The van der Waals surface area contributed by atoms with Crippen molar-refractivity contribution in [1.29, 1.82) is 0 Å². The quantitative estimate of drug-likeness (QED) is 0.700. The lowest BCUT2D eigenvalue weighted by atomic mass is 10.2. The van der Waals surface area contributed by atoms with Crippen molar-refractivity contribution >= 4 is 12.0 Å². The molecule has 1 saturated heterocycles. The molecule has 1 aliphatic heterocycles. The van der Waals surface area contributed by atoms with Crippen LogP contribution in [0.25, 0.3) is 11.9 Å². The second-order valence-corrected chi connectivity index (χ2v) is 7.24. The fourth-order valence-electron chi connectivity index (χ4n) is 3.51. The van der Waals surface area contributed by atoms with Gasteiger partial charge in [-0.05, 0) is 18.6 Å². The third kappa shape index (κ3) is 4.38. The zero-order chi connectivity index (χ0) is 20.9. The number of carbonyl (C=O) groups excluding carboxylic acids is 1. The number of aromatic amines is 1. The van der Waals surface area contributed by atoms with Gasteiger partial charge in [0, 0.05) is 38.8 Å². The van der Waals surface area contributed by atoms with Gasteiger partial charge in [0.25, 0.3) is 11.5 Å². The summed E-state index contributed by atoms with van der Waals surface area (Å²) in [5.74, 6) is 0.448. The minimum absolute atomic E-state index is 0.0253. The number of piperazine rings is 1. The summed E-state index contributed by atoms with van der Waals surface area (Å²) in [6.07, 6.45) is 5.86. The summed E-state index contributed by atoms with van der Waals surface area (Å²) < 4.78 is 1.56. The number of aromatic nitrogens is 4. The molecule has 0 bridgehead atoms. The summed E-state index contributed by atoms with van der Waals surface area (Å²) in [6, 6.07) is 13.2. The van der Waals surface area contributed by atoms with Crippen LogP contribution < -0.4 is 5.56 Å². The van der Waals surface area contributed by atoms with Crippen molar-refractivity contribution in [2.75, 3.05) is 32.7 Å². The molecule has 0 aliphatic carbocycles. The van der Waals surface area contributed by atoms with E-state index in [1.807, 2.05) is 30.0 Å². The molecule has 8 heteroatoms. The summed E-state index contributed by atoms with van der Waals surface area (Å²) in [5, 5.41) is 10.6. The molecule has 4 rings (SSSR count). The van der Waals surface area contributed by atoms with Gasteiger partial charge in [0.05, 0.1) is 17.5 Å². The Kier molecular flexibility index (Phi) is 5.85. The van der Waals surface area contributed by atoms with Gasteiger partial charge in [-0.3, -0.25) is 14.5 Å². The molecule has 0 unspecified atom stereocenters. The first-order valence-electron chi connectivity index (χ1n) is 9.96. The molecule has 3 aromatic rings. The Morgan fingerprint density at radius 2 is 1.87 bits per heavy atom. The van der Waals surface area contributed by atoms with Gasteiger partial charge in [-0.15, -0.1) is 0 Å². The number of rotatable bonds is 5. The van der Waals surface area contributed by atoms with E-state index in [-0.39, 0.29) is 11.5 Å². The number of nitrogens with one attached hydrogen (secondary N) is 1. The Labute approximate surface area is 174 Å². The minimum atomic E-state index is -0.281. The van der Waals surface area contributed by atoms with E-state index in [1.165, 1.54) is 11.6 Å². The first kappa shape index (κ1) is 19.8. The predicted molar refractivity (Wildman–Crippen MR) is 115 cm³/mol. The number of carbonyl (C=O) groups is 1. The third-order valence-corrected chi connectivity index (χ3v) is 5.25. The van der Waals surface area contributed by atoms with E-state index < -0.39 is 0 Å². The zero-order valence-electron chi connectivity index (χ0n) is 16.9. The first-order valence-corrected chi connectivity index (χ1v) is 9.96. The fourth-order valence-corrected chi connectivity index (χ4v) is 3.51. The molecule has 0 radical (unpaired) electrons. The van der Waals surface area contributed by atoms with Crippen LogP contribution in [-0.4, -0.2) is 68.4 Å². The molecule has 1 fully saturated rings. The highest BCUT2D eigenvalue weighted by atomic mass is 16.2. The van der Waals surface area contributed by atoms with Crippen LogP contribution in [0.5, 0.6) is 0 Å². The standard InChI is InChI=1S/C22H24N6O2/c1-17-19(16-23-28(17)20-9-10-21(29)25-24-20)22(30)27-14-12-26(13-15-27)11-5-8-18-6-3-2-4-7-18/h2-10,16H,11-15H2,1H3,(H,25,29). The summed E-state index contributed by atoms with van der Waals surface area (Å²) in [6.45, 7) is 5.72. The predicted octanol–water partition coefficient (Wildman–Crippen LogP) is 1.74. The molecule has 3 heterocycles. The van der Waals surface area contributed by atoms with Gasteiger partial charge in [-0.1, -0.05) is 42.5 Å². The van der Waals surface area contributed by atoms with Gasteiger partial charge in [0.1, 0.15) is 0 Å². The second kappa shape index (κ2) is 8.87. The SMILES string of the molecule is Cc1c(C(=O)N2CCN(CC=Cc3ccccc3)CC2)cnn1-c1ccc(=O)[nH]n1. The molecule has 0 spiro atoms. The van der Waals surface area contributed by atoms with Crippen molar-refractivity contribution in [1.82, 2.24) is 29.8 Å². The van der Waals surface area contributed by atoms with Gasteiger partial charge < -0.3 is 4.90 Å². The van der Waals surface area contributed by atoms with Crippen LogP contribution >= 0.6 is 0 Å². The van der Waals surface area contributed by atoms with Crippen LogP contribution in [0.1, 0.15) is 21.6 Å². The topological polar surface area (TPSA) is 87.1 Å². The minimum Gasteiger partial charge on any atom is -0.336 e. The summed E-state index contributed by atoms with van der Waals surface area (Å²) in [7, 11) is 0. The van der Waals surface area contributed by atoms with Crippen molar-refractivity contribution in [3.8, 4) is 5.82 Å². The molecule has 1 amide bonds. The highest BCUT2D eigenvalue weighted by Gasteiger charge is 2.25. The van der Waals surface area contributed by atoms with E-state index >= 15 is 0 Å². The van der Waals surface area contributed by atoms with Gasteiger partial charge in [-0.2, -0.15) is 10.2 Å². The maximum Gasteiger partial charge on any atom is 0.264 e. The number of H-pyrrole nitrogens is 1. The number of hydrogen-bond donors (Lipinski definition) is 1. The number of benzene rings is 1. The molecule has 30 heavy (non-hydrogen) atoms. The summed E-state index contributed by atoms with van der Waals surface area (Å²) >= 11 is 0. The molecule has 154 valence electrons. The molecule has 0 saturated carbocycles. The Balaban J connectivity index is 1.35. The van der Waals surface area contributed by atoms with Gasteiger partial charge in [-0.25, -0.2) is 9.78 Å². The van der Waals surface area contributed by atoms with Crippen LogP contribution in [0, 0.1) is 6.92 Å². The lowest BCUT2D eigenvalue weighted by molar-refractivity contribution is 0.0649. The number of amides is 1. The maximum atomic E-state index is 13.0. The molecular weight excluding hydrogens is 380 g/mol. The Morgan fingerprint density at radius 1 is 1.10 bits per heavy atom. The molecule has 1 N–H and O–H groups in total. The monoisotopic (exact) mass is 404 g/mol. The van der Waals surface area contributed by atoms with Crippen molar-refractivity contribution < 1.29 is 4.79 Å². The van der Waals surface area contributed by atoms with Crippen molar-refractivity contribution in [2.45, 2.75) is 6.92 Å². The third-order valence-electron chi connectivity index (χ3n) is 5.25. The normalized spacial score (nSPS) is 15.0. The maximum absolute atomic E-state index is 13.0. The van der Waals surface area contributed by atoms with Crippen molar-refractivity contribution in [3.05, 3.63) is 81.9 Å². The average Bonchev–Trinajstić information content (AvgIpc) is 3.16. The molecule has 0 atom stereocenters. The van der Waals surface area contributed by atoms with Gasteiger partial charge in [0.15, 0.2) is 5.82 Å². The Bertz CT molecular complexity index is 1070. The van der Waals surface area contributed by atoms with E-state index in [1.54, 1.807) is 16.9 Å². The average molecular weight is 404 g/mol. The van der Waals surface area contributed by atoms with Crippen LogP contribution in [0.4, 0.5) is 0 Å².